The molecule has 194 valence electrons. The van der Waals surface area contributed by atoms with E-state index < -0.39 is 5.41 Å². The second kappa shape index (κ2) is 9.16. The molecule has 4 heterocycles. The Morgan fingerprint density at radius 1 is 1.13 bits per heavy atom. The summed E-state index contributed by atoms with van der Waals surface area (Å²) in [6.45, 7) is 8.03. The smallest absolute Gasteiger partial charge is 0.165 e. The zero-order valence-corrected chi connectivity index (χ0v) is 22.6. The number of hydrogen-bond donors (Lipinski definition) is 0. The van der Waals surface area contributed by atoms with Crippen molar-refractivity contribution in [1.82, 2.24) is 39.4 Å². The van der Waals surface area contributed by atoms with Crippen molar-refractivity contribution in [1.29, 1.82) is 0 Å². The average Bonchev–Trinajstić information content (AvgIpc) is 3.62. The Morgan fingerprint density at radius 3 is 2.68 bits per heavy atom. The second-order valence-corrected chi connectivity index (χ2v) is 11.0. The highest BCUT2D eigenvalue weighted by Gasteiger charge is 2.42. The molecule has 9 nitrogen and oxygen atoms in total. The number of aromatic nitrogens is 8. The van der Waals surface area contributed by atoms with E-state index in [4.69, 9.17) is 16.7 Å². The minimum absolute atomic E-state index is 0.0220. The highest BCUT2D eigenvalue weighted by Crippen LogP contribution is 2.43. The molecule has 1 unspecified atom stereocenters. The van der Waals surface area contributed by atoms with Crippen molar-refractivity contribution < 1.29 is 4.79 Å². The fourth-order valence-corrected chi connectivity index (χ4v) is 5.69. The Hall–Kier alpha value is -3.85. The van der Waals surface area contributed by atoms with Crippen LogP contribution in [-0.2, 0) is 18.3 Å². The third kappa shape index (κ3) is 4.20. The standard InChI is InChI=1S/C28H29ClN8O/c1-17(2)35-15-27(31-34-35)28(10-9-24-22(12-28)25-8-5-18(3)14-36(25)33-24)13-26(38)21-7-6-20(11-23(21)29)37-16-30-19(4)32-37/h5-8,11,14-17H,9-10,12-13H2,1-4H3. The summed E-state index contributed by atoms with van der Waals surface area (Å²) in [6.07, 6.45) is 8.12. The van der Waals surface area contributed by atoms with Gasteiger partial charge in [0.1, 0.15) is 12.2 Å². The number of halogens is 1. The van der Waals surface area contributed by atoms with E-state index in [0.29, 0.717) is 22.8 Å². The molecule has 0 saturated carbocycles. The first-order valence-electron chi connectivity index (χ1n) is 12.8. The number of benzene rings is 1. The first-order chi connectivity index (χ1) is 18.2. The summed E-state index contributed by atoms with van der Waals surface area (Å²) in [6, 6.07) is 9.78. The molecule has 1 atom stereocenters. The quantitative estimate of drug-likeness (QED) is 0.286. The van der Waals surface area contributed by atoms with Gasteiger partial charge in [0, 0.05) is 41.4 Å². The fourth-order valence-electron chi connectivity index (χ4n) is 5.41. The van der Waals surface area contributed by atoms with E-state index in [-0.39, 0.29) is 18.2 Å². The van der Waals surface area contributed by atoms with Crippen molar-refractivity contribution >= 4 is 22.9 Å². The number of aryl methyl sites for hydroxylation is 3. The minimum atomic E-state index is -0.517. The van der Waals surface area contributed by atoms with Gasteiger partial charge in [-0.3, -0.25) is 4.79 Å². The number of pyridine rings is 1. The van der Waals surface area contributed by atoms with E-state index in [2.05, 4.69) is 53.3 Å². The Morgan fingerprint density at radius 2 is 1.97 bits per heavy atom. The summed E-state index contributed by atoms with van der Waals surface area (Å²) in [5.41, 5.74) is 6.04. The molecule has 6 rings (SSSR count). The number of carbonyl (C=O) groups excluding carboxylic acids is 1. The van der Waals surface area contributed by atoms with Gasteiger partial charge in [-0.25, -0.2) is 18.9 Å². The van der Waals surface area contributed by atoms with Crippen molar-refractivity contribution in [2.45, 2.75) is 64.8 Å². The van der Waals surface area contributed by atoms with E-state index in [9.17, 15) is 4.79 Å². The lowest BCUT2D eigenvalue weighted by molar-refractivity contribution is 0.0940. The van der Waals surface area contributed by atoms with Crippen LogP contribution in [0.15, 0.2) is 49.1 Å². The molecule has 5 aromatic rings. The molecule has 0 N–H and O–H groups in total. The Kier molecular flexibility index (Phi) is 5.90. The largest absolute Gasteiger partial charge is 0.294 e. The van der Waals surface area contributed by atoms with Gasteiger partial charge in [-0.2, -0.15) is 10.2 Å². The third-order valence-electron chi connectivity index (χ3n) is 7.52. The first kappa shape index (κ1) is 24.5. The summed E-state index contributed by atoms with van der Waals surface area (Å²) >= 11 is 6.66. The molecule has 0 bridgehead atoms. The van der Waals surface area contributed by atoms with Crippen LogP contribution in [0.3, 0.4) is 0 Å². The predicted molar refractivity (Wildman–Crippen MR) is 144 cm³/mol. The van der Waals surface area contributed by atoms with Crippen LogP contribution in [0.1, 0.15) is 71.4 Å². The maximum Gasteiger partial charge on any atom is 0.165 e. The highest BCUT2D eigenvalue weighted by atomic mass is 35.5. The molecular weight excluding hydrogens is 500 g/mol. The zero-order chi connectivity index (χ0) is 26.6. The molecular formula is C28H29ClN8O. The van der Waals surface area contributed by atoms with Crippen LogP contribution in [-0.4, -0.2) is 45.2 Å². The Bertz CT molecular complexity index is 1680. The summed E-state index contributed by atoms with van der Waals surface area (Å²) in [7, 11) is 0. The summed E-state index contributed by atoms with van der Waals surface area (Å²) in [5, 5.41) is 18.6. The number of fused-ring (bicyclic) bond motifs is 3. The number of nitrogens with zero attached hydrogens (tertiary/aromatic N) is 8. The zero-order valence-electron chi connectivity index (χ0n) is 21.9. The van der Waals surface area contributed by atoms with Crippen LogP contribution in [0.5, 0.6) is 0 Å². The van der Waals surface area contributed by atoms with Crippen LogP contribution >= 0.6 is 11.6 Å². The monoisotopic (exact) mass is 528 g/mol. The van der Waals surface area contributed by atoms with Crippen molar-refractivity contribution in [2.24, 2.45) is 0 Å². The van der Waals surface area contributed by atoms with E-state index in [1.807, 2.05) is 34.6 Å². The van der Waals surface area contributed by atoms with Crippen LogP contribution in [0.2, 0.25) is 5.02 Å². The molecule has 0 radical (unpaired) electrons. The molecule has 38 heavy (non-hydrogen) atoms. The maximum absolute atomic E-state index is 13.9. The van der Waals surface area contributed by atoms with Crippen LogP contribution in [0, 0.1) is 13.8 Å². The van der Waals surface area contributed by atoms with Crippen LogP contribution in [0.25, 0.3) is 11.2 Å². The molecule has 1 aromatic carbocycles. The SMILES string of the molecule is Cc1ccc2c3c(nn2c1)CCC(CC(=O)c1ccc(-n2cnc(C)n2)cc1Cl)(c1cn(C(C)C)nn1)C3. The lowest BCUT2D eigenvalue weighted by atomic mass is 9.67. The lowest BCUT2D eigenvalue weighted by Gasteiger charge is -2.35. The molecule has 1 aliphatic carbocycles. The first-order valence-corrected chi connectivity index (χ1v) is 13.2. The number of ketones is 1. The summed E-state index contributed by atoms with van der Waals surface area (Å²) in [5.74, 6) is 0.642. The van der Waals surface area contributed by atoms with Crippen LogP contribution < -0.4 is 0 Å². The molecule has 0 saturated heterocycles. The van der Waals surface area contributed by atoms with Crippen LogP contribution in [0.4, 0.5) is 0 Å². The topological polar surface area (TPSA) is 95.8 Å². The van der Waals surface area contributed by atoms with Gasteiger partial charge >= 0.3 is 0 Å². The van der Waals surface area contributed by atoms with Crippen molar-refractivity contribution in [3.63, 3.8) is 0 Å². The van der Waals surface area contributed by atoms with E-state index in [0.717, 1.165) is 41.0 Å². The Balaban J connectivity index is 1.38. The molecule has 10 heteroatoms. The molecule has 0 spiro atoms. The van der Waals surface area contributed by atoms with Crippen molar-refractivity contribution in [3.8, 4) is 5.69 Å². The van der Waals surface area contributed by atoms with Crippen molar-refractivity contribution in [2.75, 3.05) is 0 Å². The number of hydrogen-bond acceptors (Lipinski definition) is 6. The molecule has 0 amide bonds. The molecule has 0 fully saturated rings. The van der Waals surface area contributed by atoms with E-state index in [1.54, 1.807) is 23.1 Å². The van der Waals surface area contributed by atoms with E-state index in [1.165, 1.54) is 5.56 Å². The van der Waals surface area contributed by atoms with Gasteiger partial charge in [-0.15, -0.1) is 5.10 Å². The number of Topliss-reactive ketones (excluding diaryl/α,β-unsaturated/α-hetero) is 1. The number of carbonyl (C=O) groups is 1. The second-order valence-electron chi connectivity index (χ2n) is 10.6. The van der Waals surface area contributed by atoms with Gasteiger partial charge in [-0.1, -0.05) is 22.9 Å². The van der Waals surface area contributed by atoms with Gasteiger partial charge < -0.3 is 0 Å². The normalized spacial score (nSPS) is 17.3. The van der Waals surface area contributed by atoms with Gasteiger partial charge in [0.15, 0.2) is 5.78 Å². The van der Waals surface area contributed by atoms with Gasteiger partial charge in [-0.05, 0) is 76.8 Å². The highest BCUT2D eigenvalue weighted by molar-refractivity contribution is 6.34. The van der Waals surface area contributed by atoms with Gasteiger partial charge in [0.05, 0.1) is 27.6 Å². The van der Waals surface area contributed by atoms with E-state index >= 15 is 0 Å². The predicted octanol–water partition coefficient (Wildman–Crippen LogP) is 5.06. The summed E-state index contributed by atoms with van der Waals surface area (Å²) < 4.78 is 5.47. The van der Waals surface area contributed by atoms with Gasteiger partial charge in [0.25, 0.3) is 0 Å². The lowest BCUT2D eigenvalue weighted by Crippen LogP contribution is -2.36. The minimum Gasteiger partial charge on any atom is -0.294 e. The molecule has 0 aliphatic heterocycles. The molecule has 1 aliphatic rings. The summed E-state index contributed by atoms with van der Waals surface area (Å²) in [4.78, 5) is 18.0. The number of rotatable bonds is 6. The fraction of sp³-hybridized carbons (Fsp3) is 0.357. The Labute approximate surface area is 225 Å². The van der Waals surface area contributed by atoms with Crippen molar-refractivity contribution in [3.05, 3.63) is 88.0 Å². The maximum atomic E-state index is 13.9. The third-order valence-corrected chi connectivity index (χ3v) is 7.84. The van der Waals surface area contributed by atoms with Gasteiger partial charge in [0.2, 0.25) is 0 Å². The average molecular weight is 529 g/mol. The molecule has 4 aromatic heterocycles.